The Labute approximate surface area is 192 Å². The number of amides is 1. The fourth-order valence-electron chi connectivity index (χ4n) is 3.50. The van der Waals surface area contributed by atoms with Crippen molar-refractivity contribution < 1.29 is 22.7 Å². The molecule has 1 atom stereocenters. The molecule has 8 heteroatoms. The molecule has 0 spiro atoms. The zero-order chi connectivity index (χ0) is 23.4. The van der Waals surface area contributed by atoms with E-state index in [4.69, 9.17) is 4.42 Å². The van der Waals surface area contributed by atoms with Crippen molar-refractivity contribution in [2.24, 2.45) is 0 Å². The number of benzene rings is 2. The standard InChI is InChI=1S/C25H24N2O5S/c1-2-3-22(28)18-6-10-21(11-7-18)33(30,31)20-8-4-17(5-9-20)15-27-25(29)23-14-19-12-13-26-16-24(19)32-23/h4-14,16,22,28H,2-3,15H2,1H3,(H,27,29). The van der Waals surface area contributed by atoms with Gasteiger partial charge < -0.3 is 14.8 Å². The van der Waals surface area contributed by atoms with Gasteiger partial charge in [0.2, 0.25) is 9.84 Å². The van der Waals surface area contributed by atoms with Crippen molar-refractivity contribution in [2.45, 2.75) is 42.2 Å². The van der Waals surface area contributed by atoms with Gasteiger partial charge in [0.25, 0.3) is 5.91 Å². The molecule has 2 aromatic carbocycles. The molecule has 4 rings (SSSR count). The number of nitrogens with one attached hydrogen (secondary N) is 1. The second-order valence-corrected chi connectivity index (χ2v) is 9.68. The first-order valence-corrected chi connectivity index (χ1v) is 12.1. The molecule has 170 valence electrons. The van der Waals surface area contributed by atoms with Crippen LogP contribution in [0.5, 0.6) is 0 Å². The molecule has 0 saturated carbocycles. The molecule has 2 heterocycles. The highest BCUT2D eigenvalue weighted by molar-refractivity contribution is 7.91. The fourth-order valence-corrected chi connectivity index (χ4v) is 4.76. The molecule has 0 saturated heterocycles. The Hall–Kier alpha value is -3.49. The molecular formula is C25H24N2O5S. The van der Waals surface area contributed by atoms with Crippen molar-refractivity contribution in [3.05, 3.63) is 89.9 Å². The molecule has 2 aromatic heterocycles. The molecule has 7 nitrogen and oxygen atoms in total. The number of pyridine rings is 1. The number of fused-ring (bicyclic) bond motifs is 1. The van der Waals surface area contributed by atoms with Gasteiger partial charge in [-0.25, -0.2) is 8.42 Å². The zero-order valence-electron chi connectivity index (χ0n) is 18.1. The first-order valence-electron chi connectivity index (χ1n) is 10.6. The minimum absolute atomic E-state index is 0.157. The highest BCUT2D eigenvalue weighted by atomic mass is 32.2. The van der Waals surface area contributed by atoms with Crippen LogP contribution in [0.3, 0.4) is 0 Å². The summed E-state index contributed by atoms with van der Waals surface area (Å²) in [4.78, 5) is 16.7. The number of rotatable bonds is 8. The van der Waals surface area contributed by atoms with Gasteiger partial charge in [0.15, 0.2) is 11.3 Å². The molecule has 1 amide bonds. The third-order valence-corrected chi connectivity index (χ3v) is 7.16. The van der Waals surface area contributed by atoms with Crippen LogP contribution in [0.15, 0.2) is 87.3 Å². The summed E-state index contributed by atoms with van der Waals surface area (Å²) >= 11 is 0. The number of furan rings is 1. The largest absolute Gasteiger partial charge is 0.449 e. The molecule has 33 heavy (non-hydrogen) atoms. The van der Waals surface area contributed by atoms with Gasteiger partial charge in [-0.15, -0.1) is 0 Å². The van der Waals surface area contributed by atoms with E-state index in [2.05, 4.69) is 10.3 Å². The monoisotopic (exact) mass is 464 g/mol. The second-order valence-electron chi connectivity index (χ2n) is 7.73. The Morgan fingerprint density at radius 3 is 2.36 bits per heavy atom. The molecule has 4 aromatic rings. The lowest BCUT2D eigenvalue weighted by atomic mass is 10.1. The number of nitrogens with zero attached hydrogens (tertiary/aromatic N) is 1. The van der Waals surface area contributed by atoms with Crippen LogP contribution in [-0.2, 0) is 16.4 Å². The fraction of sp³-hybridized carbons (Fsp3) is 0.200. The van der Waals surface area contributed by atoms with Gasteiger partial charge >= 0.3 is 0 Å². The van der Waals surface area contributed by atoms with Crippen LogP contribution < -0.4 is 5.32 Å². The number of aliphatic hydroxyl groups is 1. The van der Waals surface area contributed by atoms with Gasteiger partial charge in [0.05, 0.1) is 22.1 Å². The summed E-state index contributed by atoms with van der Waals surface area (Å²) in [6.07, 6.45) is 4.03. The van der Waals surface area contributed by atoms with E-state index in [1.54, 1.807) is 48.8 Å². The van der Waals surface area contributed by atoms with Crippen molar-refractivity contribution in [1.82, 2.24) is 10.3 Å². The smallest absolute Gasteiger partial charge is 0.287 e. The summed E-state index contributed by atoms with van der Waals surface area (Å²) in [5, 5.41) is 13.6. The van der Waals surface area contributed by atoms with Gasteiger partial charge in [-0.3, -0.25) is 9.78 Å². The Morgan fingerprint density at radius 2 is 1.73 bits per heavy atom. The minimum atomic E-state index is -3.69. The molecule has 0 aliphatic heterocycles. The van der Waals surface area contributed by atoms with Crippen molar-refractivity contribution in [1.29, 1.82) is 0 Å². The van der Waals surface area contributed by atoms with Crippen LogP contribution in [0, 0.1) is 0 Å². The van der Waals surface area contributed by atoms with E-state index in [0.717, 1.165) is 17.4 Å². The Balaban J connectivity index is 1.42. The number of hydrogen-bond acceptors (Lipinski definition) is 6. The summed E-state index contributed by atoms with van der Waals surface area (Å²) in [5.74, 6) is -0.182. The second kappa shape index (κ2) is 9.56. The summed E-state index contributed by atoms with van der Waals surface area (Å²) in [6.45, 7) is 2.20. The zero-order valence-corrected chi connectivity index (χ0v) is 18.9. The number of aromatic nitrogens is 1. The topological polar surface area (TPSA) is 110 Å². The predicted molar refractivity (Wildman–Crippen MR) is 123 cm³/mol. The van der Waals surface area contributed by atoms with E-state index in [1.165, 1.54) is 24.3 Å². The predicted octanol–water partition coefficient (Wildman–Crippen LogP) is 4.42. The number of aliphatic hydroxyl groups excluding tert-OH is 1. The number of carbonyl (C=O) groups excluding carboxylic acids is 1. The Kier molecular flexibility index (Phi) is 6.57. The van der Waals surface area contributed by atoms with Crippen LogP contribution in [0.4, 0.5) is 0 Å². The molecular weight excluding hydrogens is 440 g/mol. The van der Waals surface area contributed by atoms with Crippen molar-refractivity contribution in [3.8, 4) is 0 Å². The number of carbonyl (C=O) groups is 1. The first-order chi connectivity index (χ1) is 15.9. The lowest BCUT2D eigenvalue weighted by Gasteiger charge is -2.11. The maximum atomic E-state index is 12.9. The molecule has 0 fully saturated rings. The molecule has 1 unspecified atom stereocenters. The third-order valence-electron chi connectivity index (χ3n) is 5.37. The van der Waals surface area contributed by atoms with Gasteiger partial charge in [-0.2, -0.15) is 0 Å². The lowest BCUT2D eigenvalue weighted by Crippen LogP contribution is -2.22. The minimum Gasteiger partial charge on any atom is -0.449 e. The average molecular weight is 465 g/mol. The van der Waals surface area contributed by atoms with Crippen molar-refractivity contribution in [2.75, 3.05) is 0 Å². The van der Waals surface area contributed by atoms with E-state index in [1.807, 2.05) is 6.92 Å². The maximum absolute atomic E-state index is 12.9. The van der Waals surface area contributed by atoms with E-state index in [0.29, 0.717) is 17.6 Å². The first kappa shape index (κ1) is 22.7. The summed E-state index contributed by atoms with van der Waals surface area (Å²) < 4.78 is 31.4. The lowest BCUT2D eigenvalue weighted by molar-refractivity contribution is 0.0925. The number of sulfone groups is 1. The quantitative estimate of drug-likeness (QED) is 0.399. The molecule has 0 radical (unpaired) electrons. The molecule has 0 bridgehead atoms. The SMILES string of the molecule is CCCC(O)c1ccc(S(=O)(=O)c2ccc(CNC(=O)c3cc4ccncc4o3)cc2)cc1. The van der Waals surface area contributed by atoms with Crippen LogP contribution in [-0.4, -0.2) is 24.4 Å². The average Bonchev–Trinajstić information content (AvgIpc) is 3.27. The van der Waals surface area contributed by atoms with Crippen LogP contribution in [0.1, 0.15) is 47.6 Å². The normalized spacial score (nSPS) is 12.5. The van der Waals surface area contributed by atoms with Gasteiger partial charge in [0, 0.05) is 18.1 Å². The van der Waals surface area contributed by atoms with E-state index in [-0.39, 0.29) is 28.0 Å². The van der Waals surface area contributed by atoms with Crippen molar-refractivity contribution >= 4 is 26.7 Å². The maximum Gasteiger partial charge on any atom is 0.287 e. The van der Waals surface area contributed by atoms with Gasteiger partial charge in [-0.1, -0.05) is 37.6 Å². The summed E-state index contributed by atoms with van der Waals surface area (Å²) in [6, 6.07) is 16.1. The van der Waals surface area contributed by atoms with Crippen LogP contribution in [0.2, 0.25) is 0 Å². The van der Waals surface area contributed by atoms with Gasteiger partial charge in [-0.05, 0) is 53.9 Å². The molecule has 2 N–H and O–H groups in total. The highest BCUT2D eigenvalue weighted by Gasteiger charge is 2.18. The summed E-state index contributed by atoms with van der Waals surface area (Å²) in [5.41, 5.74) is 1.98. The van der Waals surface area contributed by atoms with E-state index < -0.39 is 15.9 Å². The Morgan fingerprint density at radius 1 is 1.06 bits per heavy atom. The highest BCUT2D eigenvalue weighted by Crippen LogP contribution is 2.25. The molecule has 0 aliphatic rings. The van der Waals surface area contributed by atoms with E-state index >= 15 is 0 Å². The third kappa shape index (κ3) is 4.97. The number of hydrogen-bond donors (Lipinski definition) is 2. The molecule has 0 aliphatic carbocycles. The Bertz CT molecular complexity index is 1330. The van der Waals surface area contributed by atoms with Crippen molar-refractivity contribution in [3.63, 3.8) is 0 Å². The van der Waals surface area contributed by atoms with E-state index in [9.17, 15) is 18.3 Å². The van der Waals surface area contributed by atoms with Crippen LogP contribution >= 0.6 is 0 Å². The van der Waals surface area contributed by atoms with Crippen LogP contribution in [0.25, 0.3) is 11.0 Å². The van der Waals surface area contributed by atoms with Gasteiger partial charge in [0.1, 0.15) is 0 Å². The summed E-state index contributed by atoms with van der Waals surface area (Å²) in [7, 11) is -3.69.